The maximum Gasteiger partial charge on any atom is 0.342 e. The number of methoxy groups -OCH3 is 4. The number of hydrogen-bond acceptors (Lipinski definition) is 7. The van der Waals surface area contributed by atoms with Gasteiger partial charge in [-0.15, -0.1) is 0 Å². The zero-order chi connectivity index (χ0) is 21.9. The summed E-state index contributed by atoms with van der Waals surface area (Å²) in [6.07, 6.45) is 0. The molecule has 3 rings (SSSR count). The Kier molecular flexibility index (Phi) is 6.17. The molecule has 0 aliphatic rings. The number of hydrogen-bond donors (Lipinski definition) is 0. The van der Waals surface area contributed by atoms with E-state index in [1.807, 2.05) is 0 Å². The van der Waals surface area contributed by atoms with Gasteiger partial charge in [-0.05, 0) is 18.2 Å². The van der Waals surface area contributed by atoms with Crippen molar-refractivity contribution >= 4 is 26.6 Å². The van der Waals surface area contributed by atoms with E-state index in [1.165, 1.54) is 40.6 Å². The zero-order valence-electron chi connectivity index (χ0n) is 17.1. The minimum absolute atomic E-state index is 0.0200. The molecule has 0 atom stereocenters. The van der Waals surface area contributed by atoms with Crippen LogP contribution in [0.5, 0.6) is 17.2 Å². The third-order valence-corrected chi connectivity index (χ3v) is 6.41. The Balaban J connectivity index is 2.42. The summed E-state index contributed by atoms with van der Waals surface area (Å²) in [5.41, 5.74) is 0.138. The van der Waals surface area contributed by atoms with Crippen LogP contribution in [0.2, 0.25) is 0 Å². The predicted molar refractivity (Wildman–Crippen MR) is 112 cm³/mol. The van der Waals surface area contributed by atoms with Gasteiger partial charge < -0.3 is 18.9 Å². The second-order valence-corrected chi connectivity index (χ2v) is 8.36. The van der Waals surface area contributed by atoms with Gasteiger partial charge in [0.2, 0.25) is 0 Å². The maximum absolute atomic E-state index is 13.1. The van der Waals surface area contributed by atoms with E-state index in [0.717, 1.165) is 0 Å². The van der Waals surface area contributed by atoms with Crippen LogP contribution < -0.4 is 14.2 Å². The largest absolute Gasteiger partial charge is 0.496 e. The fraction of sp³-hybridized carbons (Fsp3) is 0.227. The third-order valence-electron chi connectivity index (χ3n) is 4.76. The number of carbonyl (C=O) groups excluding carboxylic acids is 1. The van der Waals surface area contributed by atoms with Gasteiger partial charge in [0.05, 0.1) is 44.5 Å². The molecule has 3 aromatic rings. The van der Waals surface area contributed by atoms with Gasteiger partial charge in [-0.2, -0.15) is 0 Å². The molecule has 0 aliphatic heterocycles. The molecule has 0 bridgehead atoms. The van der Waals surface area contributed by atoms with E-state index in [1.54, 1.807) is 36.4 Å². The van der Waals surface area contributed by atoms with Crippen molar-refractivity contribution in [3.05, 3.63) is 59.7 Å². The van der Waals surface area contributed by atoms with Crippen LogP contribution in [0.25, 0.3) is 10.8 Å². The molecule has 0 saturated heterocycles. The Morgan fingerprint density at radius 1 is 0.833 bits per heavy atom. The van der Waals surface area contributed by atoms with Gasteiger partial charge in [-0.25, -0.2) is 13.2 Å². The lowest BCUT2D eigenvalue weighted by atomic mass is 9.97. The molecule has 30 heavy (non-hydrogen) atoms. The minimum atomic E-state index is -3.79. The SMILES string of the molecule is COC(=O)c1c(CS(=O)(=O)c2ccccc2)c(OC)c2cccc(OC)c2c1OC. The molecular formula is C22H22O7S. The van der Waals surface area contributed by atoms with E-state index in [-0.39, 0.29) is 27.5 Å². The third kappa shape index (κ3) is 3.66. The quantitative estimate of drug-likeness (QED) is 0.529. The first-order valence-corrected chi connectivity index (χ1v) is 10.6. The molecule has 0 radical (unpaired) electrons. The highest BCUT2D eigenvalue weighted by molar-refractivity contribution is 7.90. The highest BCUT2D eigenvalue weighted by atomic mass is 32.2. The van der Waals surface area contributed by atoms with Crippen LogP contribution in [-0.4, -0.2) is 42.8 Å². The van der Waals surface area contributed by atoms with Crippen LogP contribution in [0.3, 0.4) is 0 Å². The van der Waals surface area contributed by atoms with E-state index in [2.05, 4.69) is 0 Å². The van der Waals surface area contributed by atoms with Crippen molar-refractivity contribution < 1.29 is 32.2 Å². The van der Waals surface area contributed by atoms with Crippen LogP contribution in [0, 0.1) is 0 Å². The number of ether oxygens (including phenoxy) is 4. The summed E-state index contributed by atoms with van der Waals surface area (Å²) in [5, 5.41) is 1.04. The Hall–Kier alpha value is -3.26. The summed E-state index contributed by atoms with van der Waals surface area (Å²) in [5.74, 6) is -0.367. The zero-order valence-corrected chi connectivity index (χ0v) is 17.9. The Bertz CT molecular complexity index is 1190. The average Bonchev–Trinajstić information content (AvgIpc) is 2.77. The minimum Gasteiger partial charge on any atom is -0.496 e. The fourth-order valence-electron chi connectivity index (χ4n) is 3.46. The number of fused-ring (bicyclic) bond motifs is 1. The van der Waals surface area contributed by atoms with Gasteiger partial charge >= 0.3 is 5.97 Å². The lowest BCUT2D eigenvalue weighted by Crippen LogP contribution is -2.15. The summed E-state index contributed by atoms with van der Waals surface area (Å²) in [6, 6.07) is 13.2. The van der Waals surface area contributed by atoms with Crippen LogP contribution >= 0.6 is 0 Å². The molecule has 0 amide bonds. The molecule has 0 aromatic heterocycles. The lowest BCUT2D eigenvalue weighted by molar-refractivity contribution is 0.0596. The van der Waals surface area contributed by atoms with Crippen LogP contribution in [0.4, 0.5) is 0 Å². The first-order chi connectivity index (χ1) is 14.4. The molecule has 0 unspecified atom stereocenters. The molecule has 7 nitrogen and oxygen atoms in total. The van der Waals surface area contributed by atoms with Crippen LogP contribution in [0.1, 0.15) is 15.9 Å². The molecule has 0 heterocycles. The predicted octanol–water partition coefficient (Wildman–Crippen LogP) is 3.63. The van der Waals surface area contributed by atoms with Crippen molar-refractivity contribution in [2.45, 2.75) is 10.6 Å². The standard InChI is InChI=1S/C22H22O7S/c1-26-17-12-8-11-15-18(17)21(28-3)19(22(23)29-4)16(20(15)27-2)13-30(24,25)14-9-6-5-7-10-14/h5-12H,13H2,1-4H3. The van der Waals surface area contributed by atoms with E-state index in [4.69, 9.17) is 18.9 Å². The fourth-order valence-corrected chi connectivity index (χ4v) is 4.85. The van der Waals surface area contributed by atoms with Crippen molar-refractivity contribution in [3.63, 3.8) is 0 Å². The number of carbonyl (C=O) groups is 1. The van der Waals surface area contributed by atoms with Gasteiger partial charge in [-0.1, -0.05) is 30.3 Å². The number of rotatable bonds is 7. The van der Waals surface area contributed by atoms with Crippen LogP contribution in [0.15, 0.2) is 53.4 Å². The van der Waals surface area contributed by atoms with E-state index in [9.17, 15) is 13.2 Å². The Morgan fingerprint density at radius 2 is 1.50 bits per heavy atom. The molecule has 3 aromatic carbocycles. The van der Waals surface area contributed by atoms with Crippen molar-refractivity contribution in [2.75, 3.05) is 28.4 Å². The van der Waals surface area contributed by atoms with Crippen molar-refractivity contribution in [1.29, 1.82) is 0 Å². The molecule has 0 aliphatic carbocycles. The monoisotopic (exact) mass is 430 g/mol. The van der Waals surface area contributed by atoms with Crippen molar-refractivity contribution in [1.82, 2.24) is 0 Å². The van der Waals surface area contributed by atoms with Gasteiger partial charge in [0, 0.05) is 10.9 Å². The first-order valence-electron chi connectivity index (χ1n) is 8.99. The Morgan fingerprint density at radius 3 is 2.07 bits per heavy atom. The Labute approximate surface area is 175 Å². The summed E-state index contributed by atoms with van der Waals surface area (Å²) < 4.78 is 47.8. The average molecular weight is 430 g/mol. The van der Waals surface area contributed by atoms with E-state index < -0.39 is 21.6 Å². The molecule has 0 fully saturated rings. The summed E-state index contributed by atoms with van der Waals surface area (Å²) >= 11 is 0. The van der Waals surface area contributed by atoms with Crippen molar-refractivity contribution in [3.8, 4) is 17.2 Å². The molecule has 0 saturated carbocycles. The van der Waals surface area contributed by atoms with E-state index >= 15 is 0 Å². The molecule has 0 N–H and O–H groups in total. The van der Waals surface area contributed by atoms with Crippen LogP contribution in [-0.2, 0) is 20.3 Å². The molecule has 0 spiro atoms. The van der Waals surface area contributed by atoms with Gasteiger partial charge in [-0.3, -0.25) is 0 Å². The molecule has 8 heteroatoms. The van der Waals surface area contributed by atoms with Crippen molar-refractivity contribution in [2.24, 2.45) is 0 Å². The highest BCUT2D eigenvalue weighted by Gasteiger charge is 2.31. The number of sulfone groups is 1. The normalized spacial score (nSPS) is 11.2. The lowest BCUT2D eigenvalue weighted by Gasteiger charge is -2.21. The van der Waals surface area contributed by atoms with Gasteiger partial charge in [0.15, 0.2) is 9.84 Å². The smallest absolute Gasteiger partial charge is 0.342 e. The molecular weight excluding hydrogens is 408 g/mol. The van der Waals surface area contributed by atoms with Gasteiger partial charge in [0.1, 0.15) is 22.8 Å². The second-order valence-electron chi connectivity index (χ2n) is 6.37. The summed E-state index contributed by atoms with van der Waals surface area (Å²) in [4.78, 5) is 12.9. The first kappa shape index (κ1) is 21.4. The van der Waals surface area contributed by atoms with E-state index in [0.29, 0.717) is 16.5 Å². The number of esters is 1. The second kappa shape index (κ2) is 8.62. The van der Waals surface area contributed by atoms with Gasteiger partial charge in [0.25, 0.3) is 0 Å². The summed E-state index contributed by atoms with van der Waals surface area (Å²) in [7, 11) is 1.73. The molecule has 158 valence electrons. The topological polar surface area (TPSA) is 88.1 Å². The summed E-state index contributed by atoms with van der Waals surface area (Å²) in [6.45, 7) is 0. The number of benzene rings is 3. The maximum atomic E-state index is 13.1. The highest BCUT2D eigenvalue weighted by Crippen LogP contribution is 2.46.